The SMILES string of the molecule is C=CC#N.c1ccsc1. The Hall–Kier alpha value is -1.07. The van der Waals surface area contributed by atoms with Crippen molar-refractivity contribution in [3.63, 3.8) is 0 Å². The van der Waals surface area contributed by atoms with Crippen LogP contribution < -0.4 is 0 Å². The van der Waals surface area contributed by atoms with Gasteiger partial charge >= 0.3 is 0 Å². The van der Waals surface area contributed by atoms with Crippen molar-refractivity contribution in [2.45, 2.75) is 0 Å². The van der Waals surface area contributed by atoms with E-state index in [-0.39, 0.29) is 0 Å². The van der Waals surface area contributed by atoms with Gasteiger partial charge in [0.15, 0.2) is 0 Å². The minimum atomic E-state index is 1.18. The van der Waals surface area contributed by atoms with Gasteiger partial charge in [0.1, 0.15) is 0 Å². The molecule has 0 spiro atoms. The lowest BCUT2D eigenvalue weighted by Crippen LogP contribution is -1.23. The Morgan fingerprint density at radius 2 is 1.89 bits per heavy atom. The predicted molar refractivity (Wildman–Crippen MR) is 40.1 cm³/mol. The van der Waals surface area contributed by atoms with E-state index in [9.17, 15) is 0 Å². The Balaban J connectivity index is 0.000000148. The first-order valence-electron chi connectivity index (χ1n) is 2.39. The van der Waals surface area contributed by atoms with Crippen molar-refractivity contribution in [1.29, 1.82) is 5.26 Å². The summed E-state index contributed by atoms with van der Waals surface area (Å²) in [5, 5.41) is 11.6. The summed E-state index contributed by atoms with van der Waals surface area (Å²) in [7, 11) is 0. The maximum absolute atomic E-state index is 7.51. The molecule has 0 atom stereocenters. The van der Waals surface area contributed by atoms with Gasteiger partial charge in [0.05, 0.1) is 6.07 Å². The van der Waals surface area contributed by atoms with Crippen LogP contribution in [0.1, 0.15) is 0 Å². The molecule has 0 aliphatic heterocycles. The van der Waals surface area contributed by atoms with Crippen molar-refractivity contribution in [2.75, 3.05) is 0 Å². The van der Waals surface area contributed by atoms with Crippen LogP contribution >= 0.6 is 11.3 Å². The number of hydrogen-bond acceptors (Lipinski definition) is 2. The zero-order valence-corrected chi connectivity index (χ0v) is 5.77. The highest BCUT2D eigenvalue weighted by Gasteiger charge is 1.58. The number of nitriles is 1. The maximum Gasteiger partial charge on any atom is 0.0905 e. The summed E-state index contributed by atoms with van der Waals surface area (Å²) in [6.45, 7) is 3.12. The van der Waals surface area contributed by atoms with Gasteiger partial charge in [-0.2, -0.15) is 16.6 Å². The molecule has 0 amide bonds. The van der Waals surface area contributed by atoms with Gasteiger partial charge in [-0.15, -0.1) is 0 Å². The first kappa shape index (κ1) is 7.93. The fourth-order valence-electron chi connectivity index (χ4n) is 0.227. The van der Waals surface area contributed by atoms with Crippen molar-refractivity contribution < 1.29 is 0 Å². The van der Waals surface area contributed by atoms with Crippen LogP contribution in [0.2, 0.25) is 0 Å². The molecule has 0 saturated carbocycles. The molecule has 9 heavy (non-hydrogen) atoms. The summed E-state index contributed by atoms with van der Waals surface area (Å²) in [5.41, 5.74) is 0. The highest BCUT2D eigenvalue weighted by molar-refractivity contribution is 7.07. The normalized spacial score (nSPS) is 6.11. The van der Waals surface area contributed by atoms with Gasteiger partial charge in [-0.3, -0.25) is 0 Å². The molecule has 0 aliphatic carbocycles. The topological polar surface area (TPSA) is 23.8 Å². The summed E-state index contributed by atoms with van der Waals surface area (Å²) in [6, 6.07) is 5.73. The molecule has 0 fully saturated rings. The van der Waals surface area contributed by atoms with E-state index in [0.29, 0.717) is 0 Å². The number of thiophene rings is 1. The zero-order chi connectivity index (χ0) is 6.95. The van der Waals surface area contributed by atoms with Crippen LogP contribution in [0.4, 0.5) is 0 Å². The van der Waals surface area contributed by atoms with Crippen LogP contribution in [-0.2, 0) is 0 Å². The van der Waals surface area contributed by atoms with Crippen molar-refractivity contribution in [3.05, 3.63) is 35.5 Å². The van der Waals surface area contributed by atoms with Gasteiger partial charge in [-0.25, -0.2) is 0 Å². The van der Waals surface area contributed by atoms with Crippen LogP contribution in [0.5, 0.6) is 0 Å². The molecule has 2 heteroatoms. The van der Waals surface area contributed by atoms with Crippen LogP contribution in [0.15, 0.2) is 35.5 Å². The van der Waals surface area contributed by atoms with Crippen molar-refractivity contribution in [1.82, 2.24) is 0 Å². The lowest BCUT2D eigenvalue weighted by atomic mass is 10.7. The first-order chi connectivity index (χ1) is 4.41. The Bertz CT molecular complexity index is 154. The number of rotatable bonds is 0. The summed E-state index contributed by atoms with van der Waals surface area (Å²) >= 11 is 1.71. The Morgan fingerprint density at radius 1 is 1.44 bits per heavy atom. The van der Waals surface area contributed by atoms with Gasteiger partial charge < -0.3 is 0 Å². The molecule has 0 aliphatic rings. The van der Waals surface area contributed by atoms with E-state index in [1.54, 1.807) is 17.4 Å². The van der Waals surface area contributed by atoms with Gasteiger partial charge in [0.25, 0.3) is 0 Å². The Kier molecular flexibility index (Phi) is 6.11. The van der Waals surface area contributed by atoms with E-state index in [0.717, 1.165) is 0 Å². The molecule has 1 nitrogen and oxygen atoms in total. The van der Waals surface area contributed by atoms with Gasteiger partial charge in [0, 0.05) is 6.08 Å². The van der Waals surface area contributed by atoms with E-state index in [1.165, 1.54) is 6.08 Å². The molecule has 0 aromatic carbocycles. The van der Waals surface area contributed by atoms with E-state index in [2.05, 4.69) is 6.58 Å². The largest absolute Gasteiger partial charge is 0.193 e. The fraction of sp³-hybridized carbons (Fsp3) is 0. The third-order valence-corrected chi connectivity index (χ3v) is 1.15. The number of hydrogen-bond donors (Lipinski definition) is 0. The van der Waals surface area contributed by atoms with Crippen molar-refractivity contribution in [2.24, 2.45) is 0 Å². The molecular weight excluding hydrogens is 130 g/mol. The van der Waals surface area contributed by atoms with Crippen LogP contribution in [-0.4, -0.2) is 0 Å². The summed E-state index contributed by atoms with van der Waals surface area (Å²) in [5.74, 6) is 0. The summed E-state index contributed by atoms with van der Waals surface area (Å²) in [6.07, 6.45) is 1.18. The molecule has 46 valence electrons. The van der Waals surface area contributed by atoms with E-state index in [1.807, 2.05) is 22.9 Å². The maximum atomic E-state index is 7.51. The third kappa shape index (κ3) is 6.93. The number of allylic oxidation sites excluding steroid dienone is 1. The summed E-state index contributed by atoms with van der Waals surface area (Å²) in [4.78, 5) is 0. The van der Waals surface area contributed by atoms with Gasteiger partial charge in [-0.05, 0) is 10.8 Å². The van der Waals surface area contributed by atoms with Gasteiger partial charge in [0.2, 0.25) is 0 Å². The van der Waals surface area contributed by atoms with Crippen LogP contribution in [0.25, 0.3) is 0 Å². The Morgan fingerprint density at radius 3 is 2.00 bits per heavy atom. The second kappa shape index (κ2) is 6.93. The Labute approximate surface area is 58.9 Å². The lowest BCUT2D eigenvalue weighted by Gasteiger charge is -1.39. The van der Waals surface area contributed by atoms with Crippen LogP contribution in [0.3, 0.4) is 0 Å². The van der Waals surface area contributed by atoms with E-state index >= 15 is 0 Å². The van der Waals surface area contributed by atoms with E-state index in [4.69, 9.17) is 5.26 Å². The molecule has 0 N–H and O–H groups in total. The summed E-state index contributed by atoms with van der Waals surface area (Å²) < 4.78 is 0. The fourth-order valence-corrected chi connectivity index (χ4v) is 0.680. The standard InChI is InChI=1S/C4H4S.C3H3N/c1-2-4-5-3-1;1-2-3-4/h1-4H;2H,1H2. The molecular formula is C7H7NS. The molecule has 1 aromatic rings. The second-order valence-corrected chi connectivity index (χ2v) is 1.94. The van der Waals surface area contributed by atoms with Crippen molar-refractivity contribution in [3.8, 4) is 6.07 Å². The van der Waals surface area contributed by atoms with Gasteiger partial charge in [-0.1, -0.05) is 18.7 Å². The molecule has 0 unspecified atom stereocenters. The minimum Gasteiger partial charge on any atom is -0.193 e. The average Bonchev–Trinajstić information content (AvgIpc) is 2.43. The molecule has 0 saturated heterocycles. The smallest absolute Gasteiger partial charge is 0.0905 e. The molecule has 0 radical (unpaired) electrons. The average molecular weight is 137 g/mol. The molecule has 1 heterocycles. The molecule has 1 rings (SSSR count). The monoisotopic (exact) mass is 137 g/mol. The van der Waals surface area contributed by atoms with E-state index < -0.39 is 0 Å². The zero-order valence-electron chi connectivity index (χ0n) is 4.95. The first-order valence-corrected chi connectivity index (χ1v) is 3.33. The lowest BCUT2D eigenvalue weighted by molar-refractivity contribution is 1.54. The minimum absolute atomic E-state index is 1.18. The predicted octanol–water partition coefficient (Wildman–Crippen LogP) is 2.44. The van der Waals surface area contributed by atoms with Crippen LogP contribution in [0, 0.1) is 11.3 Å². The number of nitrogens with zero attached hydrogens (tertiary/aromatic N) is 1. The van der Waals surface area contributed by atoms with Crippen molar-refractivity contribution >= 4 is 11.3 Å². The third-order valence-electron chi connectivity index (χ3n) is 0.517. The highest BCUT2D eigenvalue weighted by atomic mass is 32.1. The quantitative estimate of drug-likeness (QED) is 0.504. The highest BCUT2D eigenvalue weighted by Crippen LogP contribution is 1.91. The molecule has 1 aromatic heterocycles. The molecule has 0 bridgehead atoms. The second-order valence-electron chi connectivity index (χ2n) is 1.13.